The van der Waals surface area contributed by atoms with Crippen LogP contribution >= 0.6 is 22.7 Å². The Labute approximate surface area is 158 Å². The standard InChI is InChI=1S/C19H15N3O2S2/c1-11-8-9-25-16(11)18(23)20-14-5-3-4-13(10-14)19-21-17(22-24-19)15-7-6-12(2)26-15/h3-10H,1-2H3,(H,20,23). The average molecular weight is 381 g/mol. The van der Waals surface area contributed by atoms with Gasteiger partial charge in [-0.15, -0.1) is 22.7 Å². The first-order valence-electron chi connectivity index (χ1n) is 7.96. The highest BCUT2D eigenvalue weighted by Crippen LogP contribution is 2.28. The molecule has 5 nitrogen and oxygen atoms in total. The van der Waals surface area contributed by atoms with Crippen molar-refractivity contribution < 1.29 is 9.32 Å². The Morgan fingerprint density at radius 2 is 2.04 bits per heavy atom. The Bertz CT molecular complexity index is 1080. The molecule has 0 aliphatic carbocycles. The molecule has 1 aromatic carbocycles. The van der Waals surface area contributed by atoms with Crippen LogP contribution in [0.4, 0.5) is 5.69 Å². The maximum Gasteiger partial charge on any atom is 0.265 e. The number of aryl methyl sites for hydroxylation is 2. The number of benzene rings is 1. The molecule has 3 aromatic heterocycles. The molecule has 1 N–H and O–H groups in total. The van der Waals surface area contributed by atoms with Crippen molar-refractivity contribution in [3.63, 3.8) is 0 Å². The van der Waals surface area contributed by atoms with E-state index in [2.05, 4.69) is 15.5 Å². The van der Waals surface area contributed by atoms with Crippen LogP contribution in [-0.2, 0) is 0 Å². The fourth-order valence-corrected chi connectivity index (χ4v) is 4.13. The van der Waals surface area contributed by atoms with Gasteiger partial charge in [-0.3, -0.25) is 4.79 Å². The van der Waals surface area contributed by atoms with Crippen molar-refractivity contribution >= 4 is 34.3 Å². The van der Waals surface area contributed by atoms with Gasteiger partial charge < -0.3 is 9.84 Å². The van der Waals surface area contributed by atoms with E-state index in [1.165, 1.54) is 16.2 Å². The highest BCUT2D eigenvalue weighted by atomic mass is 32.1. The zero-order valence-electron chi connectivity index (χ0n) is 14.1. The van der Waals surface area contributed by atoms with Gasteiger partial charge in [-0.2, -0.15) is 4.98 Å². The first-order valence-corrected chi connectivity index (χ1v) is 9.66. The summed E-state index contributed by atoms with van der Waals surface area (Å²) in [5, 5.41) is 8.89. The number of nitrogens with zero attached hydrogens (tertiary/aromatic N) is 2. The van der Waals surface area contributed by atoms with E-state index in [-0.39, 0.29) is 5.91 Å². The zero-order chi connectivity index (χ0) is 18.1. The van der Waals surface area contributed by atoms with E-state index >= 15 is 0 Å². The summed E-state index contributed by atoms with van der Waals surface area (Å²) in [7, 11) is 0. The second kappa shape index (κ2) is 6.86. The van der Waals surface area contributed by atoms with Crippen LogP contribution in [0.3, 0.4) is 0 Å². The molecule has 26 heavy (non-hydrogen) atoms. The minimum atomic E-state index is -0.116. The number of carbonyl (C=O) groups is 1. The van der Waals surface area contributed by atoms with E-state index in [4.69, 9.17) is 4.52 Å². The Hall–Kier alpha value is -2.77. The van der Waals surface area contributed by atoms with Crippen LogP contribution < -0.4 is 5.32 Å². The Morgan fingerprint density at radius 3 is 2.77 bits per heavy atom. The number of amides is 1. The quantitative estimate of drug-likeness (QED) is 0.514. The average Bonchev–Trinajstić information content (AvgIpc) is 3.35. The fraction of sp³-hybridized carbons (Fsp3) is 0.105. The predicted molar refractivity (Wildman–Crippen MR) is 105 cm³/mol. The van der Waals surface area contributed by atoms with Crippen molar-refractivity contribution in [2.45, 2.75) is 13.8 Å². The molecule has 0 aliphatic heterocycles. The van der Waals surface area contributed by atoms with Gasteiger partial charge in [0.05, 0.1) is 9.75 Å². The van der Waals surface area contributed by atoms with Crippen molar-refractivity contribution in [2.75, 3.05) is 5.32 Å². The summed E-state index contributed by atoms with van der Waals surface area (Å²) >= 11 is 3.05. The first-order chi connectivity index (χ1) is 12.6. The molecule has 0 spiro atoms. The largest absolute Gasteiger partial charge is 0.334 e. The number of hydrogen-bond acceptors (Lipinski definition) is 6. The minimum Gasteiger partial charge on any atom is -0.334 e. The summed E-state index contributed by atoms with van der Waals surface area (Å²) in [6.07, 6.45) is 0. The molecule has 0 fully saturated rings. The van der Waals surface area contributed by atoms with Gasteiger partial charge in [0.15, 0.2) is 0 Å². The summed E-state index contributed by atoms with van der Waals surface area (Å²) < 4.78 is 5.40. The maximum atomic E-state index is 12.4. The SMILES string of the molecule is Cc1ccc(-c2noc(-c3cccc(NC(=O)c4sccc4C)c3)n2)s1. The Kier molecular flexibility index (Phi) is 4.40. The first kappa shape index (κ1) is 16.7. The lowest BCUT2D eigenvalue weighted by Gasteiger charge is -2.05. The van der Waals surface area contributed by atoms with E-state index in [1.807, 2.05) is 61.7 Å². The number of hydrogen-bond donors (Lipinski definition) is 1. The van der Waals surface area contributed by atoms with Crippen molar-refractivity contribution in [1.82, 2.24) is 10.1 Å². The van der Waals surface area contributed by atoms with Crippen molar-refractivity contribution in [3.8, 4) is 22.2 Å². The van der Waals surface area contributed by atoms with E-state index in [0.29, 0.717) is 22.3 Å². The van der Waals surface area contributed by atoms with Crippen molar-refractivity contribution in [3.05, 3.63) is 63.2 Å². The maximum absolute atomic E-state index is 12.4. The van der Waals surface area contributed by atoms with Gasteiger partial charge in [0.1, 0.15) is 0 Å². The lowest BCUT2D eigenvalue weighted by molar-refractivity contribution is 0.103. The molecular weight excluding hydrogens is 366 g/mol. The van der Waals surface area contributed by atoms with Crippen molar-refractivity contribution in [2.24, 2.45) is 0 Å². The molecule has 0 atom stereocenters. The number of anilines is 1. The molecule has 0 bridgehead atoms. The summed E-state index contributed by atoms with van der Waals surface area (Å²) in [6.45, 7) is 3.96. The molecule has 4 aromatic rings. The highest BCUT2D eigenvalue weighted by molar-refractivity contribution is 7.15. The summed E-state index contributed by atoms with van der Waals surface area (Å²) in [6, 6.07) is 13.3. The molecular formula is C19H15N3O2S2. The van der Waals surface area contributed by atoms with Gasteiger partial charge in [0.25, 0.3) is 11.8 Å². The summed E-state index contributed by atoms with van der Waals surface area (Å²) in [4.78, 5) is 19.7. The van der Waals surface area contributed by atoms with E-state index < -0.39 is 0 Å². The third-order valence-electron chi connectivity index (χ3n) is 3.82. The van der Waals surface area contributed by atoms with Gasteiger partial charge in [-0.1, -0.05) is 11.2 Å². The second-order valence-electron chi connectivity index (χ2n) is 5.80. The third kappa shape index (κ3) is 3.31. The Morgan fingerprint density at radius 1 is 1.15 bits per heavy atom. The number of rotatable bonds is 4. The van der Waals surface area contributed by atoms with Gasteiger partial charge in [0.2, 0.25) is 5.82 Å². The van der Waals surface area contributed by atoms with Crippen LogP contribution in [0.2, 0.25) is 0 Å². The van der Waals surface area contributed by atoms with Crippen LogP contribution in [0.25, 0.3) is 22.2 Å². The van der Waals surface area contributed by atoms with Gasteiger partial charge in [0, 0.05) is 16.1 Å². The topological polar surface area (TPSA) is 68.0 Å². The molecule has 1 amide bonds. The number of carbonyl (C=O) groups excluding carboxylic acids is 1. The molecule has 0 radical (unpaired) electrons. The Balaban J connectivity index is 1.57. The minimum absolute atomic E-state index is 0.116. The smallest absolute Gasteiger partial charge is 0.265 e. The zero-order valence-corrected chi connectivity index (χ0v) is 15.8. The van der Waals surface area contributed by atoms with Gasteiger partial charge in [-0.25, -0.2) is 0 Å². The van der Waals surface area contributed by atoms with Crippen LogP contribution in [0.15, 0.2) is 52.4 Å². The monoisotopic (exact) mass is 381 g/mol. The van der Waals surface area contributed by atoms with Gasteiger partial charge >= 0.3 is 0 Å². The molecule has 3 heterocycles. The summed E-state index contributed by atoms with van der Waals surface area (Å²) in [5.74, 6) is 0.881. The lowest BCUT2D eigenvalue weighted by atomic mass is 10.2. The fourth-order valence-electron chi connectivity index (χ4n) is 2.52. The van der Waals surface area contributed by atoms with Gasteiger partial charge in [-0.05, 0) is 61.2 Å². The molecule has 7 heteroatoms. The number of thiophene rings is 2. The third-order valence-corrected chi connectivity index (χ3v) is 5.83. The van der Waals surface area contributed by atoms with Crippen LogP contribution in [0, 0.1) is 13.8 Å². The van der Waals surface area contributed by atoms with Crippen LogP contribution in [0.1, 0.15) is 20.1 Å². The molecule has 4 rings (SSSR count). The second-order valence-corrected chi connectivity index (χ2v) is 8.01. The molecule has 0 aliphatic rings. The molecule has 130 valence electrons. The predicted octanol–water partition coefficient (Wildman–Crippen LogP) is 5.40. The van der Waals surface area contributed by atoms with Crippen molar-refractivity contribution in [1.29, 1.82) is 0 Å². The van der Waals surface area contributed by atoms with E-state index in [9.17, 15) is 4.79 Å². The lowest BCUT2D eigenvalue weighted by Crippen LogP contribution is -2.11. The molecule has 0 unspecified atom stereocenters. The highest BCUT2D eigenvalue weighted by Gasteiger charge is 2.14. The summed E-state index contributed by atoms with van der Waals surface area (Å²) in [5.41, 5.74) is 2.42. The van der Waals surface area contributed by atoms with Crippen LogP contribution in [-0.4, -0.2) is 16.0 Å². The van der Waals surface area contributed by atoms with Crippen LogP contribution in [0.5, 0.6) is 0 Å². The molecule has 0 saturated heterocycles. The van der Waals surface area contributed by atoms with E-state index in [1.54, 1.807) is 11.3 Å². The normalized spacial score (nSPS) is 10.8. The number of nitrogens with one attached hydrogen (secondary N) is 1. The molecule has 0 saturated carbocycles. The number of aromatic nitrogens is 2. The van der Waals surface area contributed by atoms with E-state index in [0.717, 1.165) is 16.0 Å².